The van der Waals surface area contributed by atoms with Gasteiger partial charge in [0.25, 0.3) is 30.4 Å². The number of benzene rings is 6. The summed E-state index contributed by atoms with van der Waals surface area (Å²) in [6.45, 7) is 0. The Bertz CT molecular complexity index is 3090. The van der Waals surface area contributed by atoms with Crippen molar-refractivity contribution >= 4 is 98.0 Å². The molecule has 0 saturated carbocycles. The van der Waals surface area contributed by atoms with E-state index in [0.717, 1.165) is 12.1 Å². The molecular weight excluding hydrogens is 835 g/mol. The summed E-state index contributed by atoms with van der Waals surface area (Å²) >= 11 is 0. The van der Waals surface area contributed by atoms with Crippen molar-refractivity contribution in [2.75, 3.05) is 23.9 Å². The molecule has 0 aromatic heterocycles. The van der Waals surface area contributed by atoms with Gasteiger partial charge in [-0.15, -0.1) is 15.3 Å². The molecule has 0 bridgehead atoms. The third kappa shape index (κ3) is 9.39. The number of nitrogens with one attached hydrogen (secondary N) is 1. The first-order valence-corrected chi connectivity index (χ1v) is 20.6. The smallest absolute Gasteiger partial charge is 0.296 e. The summed E-state index contributed by atoms with van der Waals surface area (Å²) in [4.78, 5) is -2.72. The van der Waals surface area contributed by atoms with Gasteiger partial charge in [-0.3, -0.25) is 13.7 Å². The van der Waals surface area contributed by atoms with E-state index in [1.165, 1.54) is 73.8 Å². The summed E-state index contributed by atoms with van der Waals surface area (Å²) in [5.41, 5.74) is 10.8. The predicted molar refractivity (Wildman–Crippen MR) is 214 cm³/mol. The molecule has 0 saturated heterocycles. The average Bonchev–Trinajstić information content (AvgIpc) is 3.16. The lowest BCUT2D eigenvalue weighted by Crippen LogP contribution is -2.04. The Kier molecular flexibility index (Phi) is 11.3. The third-order valence-corrected chi connectivity index (χ3v) is 10.8. The molecule has 10 N–H and O–H groups in total. The van der Waals surface area contributed by atoms with Gasteiger partial charge in [-0.05, 0) is 84.2 Å². The van der Waals surface area contributed by atoms with Gasteiger partial charge in [0.2, 0.25) is 0 Å². The molecule has 0 aliphatic heterocycles. The van der Waals surface area contributed by atoms with Gasteiger partial charge in [-0.1, -0.05) is 6.07 Å². The summed E-state index contributed by atoms with van der Waals surface area (Å²) < 4.78 is 110. The Morgan fingerprint density at radius 2 is 1.17 bits per heavy atom. The highest BCUT2D eigenvalue weighted by atomic mass is 32.2. The van der Waals surface area contributed by atoms with Crippen molar-refractivity contribution in [3.05, 3.63) is 97.1 Å². The molecule has 24 heteroatoms. The minimum atomic E-state index is -5.23. The fourth-order valence-corrected chi connectivity index (χ4v) is 7.39. The molecule has 0 aliphatic rings. The van der Waals surface area contributed by atoms with Crippen molar-refractivity contribution in [1.82, 2.24) is 0 Å². The number of methoxy groups -OCH3 is 1. The van der Waals surface area contributed by atoms with E-state index in [1.54, 1.807) is 12.1 Å². The Morgan fingerprint density at radius 1 is 0.593 bits per heavy atom. The van der Waals surface area contributed by atoms with Crippen LogP contribution in [-0.2, 0) is 30.4 Å². The Hall–Kier alpha value is -7.09. The first kappa shape index (κ1) is 41.5. The molecule has 0 radical (unpaired) electrons. The Morgan fingerprint density at radius 3 is 1.78 bits per heavy atom. The minimum absolute atomic E-state index is 0.0407. The van der Waals surface area contributed by atoms with Crippen LogP contribution in [0, 0.1) is 0 Å². The number of aromatic hydroxyl groups is 2. The molecule has 0 fully saturated rings. The molecule has 59 heavy (non-hydrogen) atoms. The largest absolute Gasteiger partial charge is 0.508 e. The van der Waals surface area contributed by atoms with Crippen LogP contribution in [0.1, 0.15) is 0 Å². The van der Waals surface area contributed by atoms with Crippen LogP contribution in [0.3, 0.4) is 0 Å². The maximum Gasteiger partial charge on any atom is 0.296 e. The highest BCUT2D eigenvalue weighted by Gasteiger charge is 2.28. The molecular formula is C35H29N9O12S3. The average molecular weight is 864 g/mol. The predicted octanol–water partition coefficient (Wildman–Crippen LogP) is 8.15. The molecule has 0 amide bonds. The second-order valence-electron chi connectivity index (χ2n) is 12.1. The van der Waals surface area contributed by atoms with Gasteiger partial charge in [0.05, 0.1) is 46.6 Å². The summed E-state index contributed by atoms with van der Waals surface area (Å²) in [6, 6.07) is 21.0. The zero-order valence-corrected chi connectivity index (χ0v) is 32.3. The molecule has 6 aromatic carbocycles. The summed E-state index contributed by atoms with van der Waals surface area (Å²) in [7, 11) is -14.0. The summed E-state index contributed by atoms with van der Waals surface area (Å²) in [6.07, 6.45) is 0. The first-order chi connectivity index (χ1) is 27.7. The van der Waals surface area contributed by atoms with Gasteiger partial charge in [-0.2, -0.15) is 40.6 Å². The molecule has 6 aromatic rings. The lowest BCUT2D eigenvalue weighted by Gasteiger charge is -2.14. The maximum atomic E-state index is 12.5. The molecule has 21 nitrogen and oxygen atoms in total. The van der Waals surface area contributed by atoms with Crippen LogP contribution in [0.25, 0.3) is 10.8 Å². The van der Waals surface area contributed by atoms with E-state index in [1.807, 2.05) is 0 Å². The first-order valence-electron chi connectivity index (χ1n) is 16.3. The van der Waals surface area contributed by atoms with Gasteiger partial charge < -0.3 is 31.7 Å². The standard InChI is InChI=1S/C35H29N9O12S3/c1-56-24-4-2-3-21(15-24)40-44-34-30(59(53,54)55)14-18-13-29(58(50,51)52)33(32(37)31(18)35(34)46)43-41-22-9-11-27(28(16-22)57(47,48)49)38-19-5-7-20(8-6-19)39-42-26-12-10-23(45)17-25(26)36/h2-17,38,45-46H,36-37H2,1H3,(H,47,48,49)(H,50,51,52)(H,53,54,55). The van der Waals surface area contributed by atoms with Gasteiger partial charge in [0, 0.05) is 17.8 Å². The lowest BCUT2D eigenvalue weighted by molar-refractivity contribution is 0.415. The van der Waals surface area contributed by atoms with Crippen molar-refractivity contribution in [2.45, 2.75) is 14.7 Å². The lowest BCUT2D eigenvalue weighted by atomic mass is 10.1. The van der Waals surface area contributed by atoms with Gasteiger partial charge in [-0.25, -0.2) is 0 Å². The number of nitrogens with two attached hydrogens (primary N) is 2. The quantitative estimate of drug-likeness (QED) is 0.0327. The van der Waals surface area contributed by atoms with Gasteiger partial charge in [0.1, 0.15) is 43.2 Å². The molecule has 304 valence electrons. The molecule has 0 spiro atoms. The number of hydrogen-bond donors (Lipinski definition) is 8. The number of fused-ring (bicyclic) bond motifs is 1. The van der Waals surface area contributed by atoms with E-state index in [0.29, 0.717) is 28.9 Å². The topological polar surface area (TPSA) is 351 Å². The normalized spacial score (nSPS) is 12.5. The van der Waals surface area contributed by atoms with Gasteiger partial charge >= 0.3 is 0 Å². The molecule has 0 aliphatic carbocycles. The zero-order valence-electron chi connectivity index (χ0n) is 29.9. The van der Waals surface area contributed by atoms with Crippen molar-refractivity contribution in [3.8, 4) is 17.2 Å². The number of phenols is 2. The maximum absolute atomic E-state index is 12.5. The van der Waals surface area contributed by atoms with Gasteiger partial charge in [0.15, 0.2) is 5.75 Å². The van der Waals surface area contributed by atoms with Crippen molar-refractivity contribution < 1.29 is 53.9 Å². The van der Waals surface area contributed by atoms with Crippen LogP contribution in [0.2, 0.25) is 0 Å². The fourth-order valence-electron chi connectivity index (χ4n) is 5.39. The van der Waals surface area contributed by atoms with E-state index in [-0.39, 0.29) is 28.5 Å². The van der Waals surface area contributed by atoms with Crippen molar-refractivity contribution in [2.24, 2.45) is 30.7 Å². The number of anilines is 4. The van der Waals surface area contributed by atoms with Crippen LogP contribution < -0.4 is 21.5 Å². The van der Waals surface area contributed by atoms with E-state index in [9.17, 15) is 49.1 Å². The van der Waals surface area contributed by atoms with Crippen LogP contribution in [0.4, 0.5) is 56.9 Å². The number of hydrogen-bond acceptors (Lipinski definition) is 18. The summed E-state index contributed by atoms with van der Waals surface area (Å²) in [5.74, 6) is -0.684. The van der Waals surface area contributed by atoms with Crippen LogP contribution in [0.15, 0.2) is 142 Å². The third-order valence-electron chi connectivity index (χ3n) is 8.13. The van der Waals surface area contributed by atoms with Crippen molar-refractivity contribution in [3.63, 3.8) is 0 Å². The Labute approximate surface area is 334 Å². The van der Waals surface area contributed by atoms with E-state index in [2.05, 4.69) is 36.0 Å². The van der Waals surface area contributed by atoms with Crippen LogP contribution in [0.5, 0.6) is 17.2 Å². The molecule has 0 atom stereocenters. The SMILES string of the molecule is COc1cccc(N=Nc2c(S(=O)(=O)O)cc3cc(S(=O)(=O)O)c(N=Nc4ccc(Nc5ccc(N=Nc6ccc(O)cc6N)cc5)c(S(=O)(=O)O)c4)c(N)c3c2O)c1. The van der Waals surface area contributed by atoms with E-state index in [4.69, 9.17) is 16.2 Å². The molecule has 0 unspecified atom stereocenters. The second-order valence-corrected chi connectivity index (χ2v) is 16.3. The highest BCUT2D eigenvalue weighted by Crippen LogP contribution is 2.48. The number of nitrogen functional groups attached to an aromatic ring is 2. The monoisotopic (exact) mass is 863 g/mol. The van der Waals surface area contributed by atoms with E-state index < -0.39 is 78.6 Å². The summed E-state index contributed by atoms with van der Waals surface area (Å²) in [5, 5.41) is 46.3. The fraction of sp³-hybridized carbons (Fsp3) is 0.0286. The minimum Gasteiger partial charge on any atom is -0.508 e. The number of ether oxygens (including phenoxy) is 1. The van der Waals surface area contributed by atoms with Crippen LogP contribution >= 0.6 is 0 Å². The number of nitrogens with zero attached hydrogens (tertiary/aromatic N) is 6. The number of rotatable bonds is 12. The van der Waals surface area contributed by atoms with Crippen LogP contribution in [-0.4, -0.2) is 56.2 Å². The van der Waals surface area contributed by atoms with E-state index >= 15 is 0 Å². The zero-order chi connectivity index (χ0) is 42.9. The molecule has 0 heterocycles. The number of azo groups is 3. The number of phenolic OH excluding ortho intramolecular Hbond substituents is 2. The highest BCUT2D eigenvalue weighted by molar-refractivity contribution is 7.86. The Balaban J connectivity index is 1.38. The second kappa shape index (κ2) is 16.0. The molecule has 6 rings (SSSR count). The van der Waals surface area contributed by atoms with Crippen molar-refractivity contribution in [1.29, 1.82) is 0 Å².